The Morgan fingerprint density at radius 3 is 2.27 bits per heavy atom. The van der Waals surface area contributed by atoms with Crippen LogP contribution in [0, 0.1) is 19.8 Å². The lowest BCUT2D eigenvalue weighted by atomic mass is 10.1. The zero-order valence-electron chi connectivity index (χ0n) is 19.5. The van der Waals surface area contributed by atoms with Crippen LogP contribution in [0.3, 0.4) is 0 Å². The number of carbonyl (C=O) groups is 2. The summed E-state index contributed by atoms with van der Waals surface area (Å²) >= 11 is 0. The predicted molar refractivity (Wildman–Crippen MR) is 120 cm³/mol. The predicted octanol–water partition coefficient (Wildman–Crippen LogP) is 3.84. The first-order valence-corrected chi connectivity index (χ1v) is 10.7. The van der Waals surface area contributed by atoms with Crippen molar-refractivity contribution >= 4 is 11.8 Å². The zero-order chi connectivity index (χ0) is 22.4. The molecule has 0 atom stereocenters. The molecule has 164 valence electrons. The molecule has 2 rings (SSSR count). The monoisotopic (exact) mass is 412 g/mol. The van der Waals surface area contributed by atoms with Gasteiger partial charge in [-0.3, -0.25) is 14.3 Å². The van der Waals surface area contributed by atoms with E-state index in [1.165, 1.54) is 5.56 Å². The van der Waals surface area contributed by atoms with Gasteiger partial charge in [0.05, 0.1) is 5.69 Å². The molecular formula is C24H36N4O2. The fraction of sp³-hybridized carbons (Fsp3) is 0.542. The normalized spacial score (nSPS) is 11.1. The highest BCUT2D eigenvalue weighted by Gasteiger charge is 2.17. The molecule has 0 saturated heterocycles. The zero-order valence-corrected chi connectivity index (χ0v) is 19.5. The first kappa shape index (κ1) is 23.6. The quantitative estimate of drug-likeness (QED) is 0.629. The van der Waals surface area contributed by atoms with Gasteiger partial charge in [0.1, 0.15) is 0 Å². The molecule has 0 unspecified atom stereocenters. The molecule has 0 aliphatic carbocycles. The molecule has 0 radical (unpaired) electrons. The summed E-state index contributed by atoms with van der Waals surface area (Å²) in [6, 6.07) is 7.51. The van der Waals surface area contributed by atoms with Crippen molar-refractivity contribution < 1.29 is 9.59 Å². The summed E-state index contributed by atoms with van der Waals surface area (Å²) < 4.78 is 2.06. The Morgan fingerprint density at radius 2 is 1.73 bits per heavy atom. The topological polar surface area (TPSA) is 58.4 Å². The van der Waals surface area contributed by atoms with E-state index in [9.17, 15) is 9.59 Å². The molecule has 0 N–H and O–H groups in total. The van der Waals surface area contributed by atoms with Gasteiger partial charge in [-0.1, -0.05) is 26.0 Å². The SMILES string of the molecule is CCN(Cc1ccc(C(=O)N(C)C)cc1)C(=O)CCc1c(C)nn(CC(C)C)c1C. The number of hydrogen-bond donors (Lipinski definition) is 0. The van der Waals surface area contributed by atoms with E-state index in [2.05, 4.69) is 30.6 Å². The fourth-order valence-corrected chi connectivity index (χ4v) is 3.62. The Bertz CT molecular complexity index is 866. The maximum Gasteiger partial charge on any atom is 0.253 e. The number of hydrogen-bond acceptors (Lipinski definition) is 3. The Balaban J connectivity index is 2.00. The van der Waals surface area contributed by atoms with Gasteiger partial charge in [0.25, 0.3) is 5.91 Å². The Labute approximate surface area is 180 Å². The van der Waals surface area contributed by atoms with Crippen LogP contribution in [0.1, 0.15) is 60.1 Å². The molecule has 0 aliphatic rings. The third kappa shape index (κ3) is 5.94. The van der Waals surface area contributed by atoms with E-state index in [0.29, 0.717) is 37.4 Å². The molecule has 0 spiro atoms. The maximum atomic E-state index is 12.9. The third-order valence-electron chi connectivity index (χ3n) is 5.37. The highest BCUT2D eigenvalue weighted by atomic mass is 16.2. The Hall–Kier alpha value is -2.63. The number of carbonyl (C=O) groups excluding carboxylic acids is 2. The van der Waals surface area contributed by atoms with Crippen LogP contribution < -0.4 is 0 Å². The summed E-state index contributed by atoms with van der Waals surface area (Å²) in [7, 11) is 3.48. The molecule has 6 heteroatoms. The first-order valence-electron chi connectivity index (χ1n) is 10.7. The molecule has 30 heavy (non-hydrogen) atoms. The van der Waals surface area contributed by atoms with Crippen LogP contribution in [-0.4, -0.2) is 52.0 Å². The van der Waals surface area contributed by atoms with Crippen molar-refractivity contribution in [2.24, 2.45) is 5.92 Å². The summed E-state index contributed by atoms with van der Waals surface area (Å²) in [4.78, 5) is 28.3. The molecule has 0 bridgehead atoms. The highest BCUT2D eigenvalue weighted by molar-refractivity contribution is 5.93. The second-order valence-corrected chi connectivity index (χ2v) is 8.53. The molecule has 2 aromatic rings. The van der Waals surface area contributed by atoms with E-state index in [4.69, 9.17) is 0 Å². The van der Waals surface area contributed by atoms with Crippen molar-refractivity contribution in [1.29, 1.82) is 0 Å². The van der Waals surface area contributed by atoms with Gasteiger partial charge in [-0.25, -0.2) is 0 Å². The summed E-state index contributed by atoms with van der Waals surface area (Å²) in [6.07, 6.45) is 1.18. The summed E-state index contributed by atoms with van der Waals surface area (Å²) in [6.45, 7) is 12.6. The third-order valence-corrected chi connectivity index (χ3v) is 5.37. The summed E-state index contributed by atoms with van der Waals surface area (Å²) in [5, 5.41) is 4.66. The van der Waals surface area contributed by atoms with Crippen LogP contribution in [0.2, 0.25) is 0 Å². The highest BCUT2D eigenvalue weighted by Crippen LogP contribution is 2.18. The van der Waals surface area contributed by atoms with E-state index in [1.54, 1.807) is 19.0 Å². The molecule has 0 saturated carbocycles. The lowest BCUT2D eigenvalue weighted by molar-refractivity contribution is -0.131. The number of aryl methyl sites for hydroxylation is 1. The van der Waals surface area contributed by atoms with Gasteiger partial charge >= 0.3 is 0 Å². The lowest BCUT2D eigenvalue weighted by Crippen LogP contribution is -2.30. The molecule has 6 nitrogen and oxygen atoms in total. The van der Waals surface area contributed by atoms with Crippen molar-refractivity contribution in [2.75, 3.05) is 20.6 Å². The maximum absolute atomic E-state index is 12.9. The van der Waals surface area contributed by atoms with Crippen LogP contribution in [0.5, 0.6) is 0 Å². The average molecular weight is 413 g/mol. The molecule has 1 heterocycles. The number of nitrogens with zero attached hydrogens (tertiary/aromatic N) is 4. The van der Waals surface area contributed by atoms with Gasteiger partial charge in [-0.2, -0.15) is 5.10 Å². The molecule has 0 fully saturated rings. The molecule has 1 aromatic heterocycles. The van der Waals surface area contributed by atoms with Crippen LogP contribution >= 0.6 is 0 Å². The van der Waals surface area contributed by atoms with Crippen LogP contribution in [-0.2, 0) is 24.3 Å². The van der Waals surface area contributed by atoms with Gasteiger partial charge < -0.3 is 9.80 Å². The Kier molecular flexibility index (Phi) is 8.21. The van der Waals surface area contributed by atoms with Crippen molar-refractivity contribution in [3.05, 3.63) is 52.3 Å². The van der Waals surface area contributed by atoms with Gasteiger partial charge in [-0.05, 0) is 56.4 Å². The largest absolute Gasteiger partial charge is 0.345 e. The minimum atomic E-state index is -0.0197. The fourth-order valence-electron chi connectivity index (χ4n) is 3.62. The summed E-state index contributed by atoms with van der Waals surface area (Å²) in [5.41, 5.74) is 5.05. The Morgan fingerprint density at radius 1 is 1.10 bits per heavy atom. The van der Waals surface area contributed by atoms with E-state index in [-0.39, 0.29) is 11.8 Å². The van der Waals surface area contributed by atoms with Crippen LogP contribution in [0.15, 0.2) is 24.3 Å². The van der Waals surface area contributed by atoms with E-state index >= 15 is 0 Å². The number of amides is 2. The molecule has 0 aliphatic heterocycles. The standard InChI is InChI=1S/C24H36N4O2/c1-8-27(16-20-9-11-21(12-10-20)24(30)26(6)7)23(29)14-13-22-18(4)25-28(19(22)5)15-17(2)3/h9-12,17H,8,13-16H2,1-7H3. The first-order chi connectivity index (χ1) is 14.1. The minimum absolute atomic E-state index is 0.0197. The second kappa shape index (κ2) is 10.4. The molecular weight excluding hydrogens is 376 g/mol. The van der Waals surface area contributed by atoms with Gasteiger partial charge in [-0.15, -0.1) is 0 Å². The van der Waals surface area contributed by atoms with Crippen molar-refractivity contribution in [3.63, 3.8) is 0 Å². The second-order valence-electron chi connectivity index (χ2n) is 8.53. The molecule has 2 amide bonds. The minimum Gasteiger partial charge on any atom is -0.345 e. The van der Waals surface area contributed by atoms with Gasteiger partial charge in [0.15, 0.2) is 0 Å². The summed E-state index contributed by atoms with van der Waals surface area (Å²) in [5.74, 6) is 0.655. The number of rotatable bonds is 9. The average Bonchev–Trinajstić information content (AvgIpc) is 2.96. The van der Waals surface area contributed by atoms with Crippen molar-refractivity contribution in [1.82, 2.24) is 19.6 Å². The number of aromatic nitrogens is 2. The van der Waals surface area contributed by atoms with E-state index in [1.807, 2.05) is 43.0 Å². The smallest absolute Gasteiger partial charge is 0.253 e. The van der Waals surface area contributed by atoms with Gasteiger partial charge in [0, 0.05) is 51.4 Å². The number of benzene rings is 1. The van der Waals surface area contributed by atoms with Crippen LogP contribution in [0.25, 0.3) is 0 Å². The molecule has 1 aromatic carbocycles. The van der Waals surface area contributed by atoms with Gasteiger partial charge in [0.2, 0.25) is 5.91 Å². The lowest BCUT2D eigenvalue weighted by Gasteiger charge is -2.21. The van der Waals surface area contributed by atoms with E-state index in [0.717, 1.165) is 23.5 Å². The van der Waals surface area contributed by atoms with Crippen molar-refractivity contribution in [2.45, 2.75) is 60.5 Å². The van der Waals surface area contributed by atoms with Crippen LogP contribution in [0.4, 0.5) is 0 Å². The van der Waals surface area contributed by atoms with Crippen molar-refractivity contribution in [3.8, 4) is 0 Å². The van der Waals surface area contributed by atoms with E-state index < -0.39 is 0 Å².